The van der Waals surface area contributed by atoms with Crippen LogP contribution in [0.4, 0.5) is 0 Å². The molecule has 0 aromatic carbocycles. The summed E-state index contributed by atoms with van der Waals surface area (Å²) in [5, 5.41) is 17.0. The van der Waals surface area contributed by atoms with Gasteiger partial charge in [0, 0.05) is 0 Å². The fourth-order valence-electron chi connectivity index (χ4n) is 2.74. The number of rotatable bonds is 12. The number of carbonyl (C=O) groups is 4. The van der Waals surface area contributed by atoms with E-state index in [1.807, 2.05) is 20.8 Å². The van der Waals surface area contributed by atoms with Crippen LogP contribution < -0.4 is 21.7 Å². The Morgan fingerprint density at radius 2 is 1.34 bits per heavy atom. The van der Waals surface area contributed by atoms with E-state index in [4.69, 9.17) is 5.73 Å². The van der Waals surface area contributed by atoms with Crippen LogP contribution in [0.15, 0.2) is 0 Å². The molecule has 29 heavy (non-hydrogen) atoms. The standard InChI is InChI=1S/C20H38N4O5/c1-8-12(6)16(19(27)23-15(11(4)5)20(28)29)24-17(25)13(7)22-18(26)14(21)9-10(2)3/h10-16H,8-9,21H2,1-7H3,(H,22,26)(H,23,27)(H,24,25)(H,28,29). The van der Waals surface area contributed by atoms with Crippen molar-refractivity contribution in [2.45, 2.75) is 85.5 Å². The quantitative estimate of drug-likeness (QED) is 0.316. The number of hydrogen-bond donors (Lipinski definition) is 5. The van der Waals surface area contributed by atoms with Crippen molar-refractivity contribution < 1.29 is 24.3 Å². The summed E-state index contributed by atoms with van der Waals surface area (Å²) in [5.41, 5.74) is 5.83. The Morgan fingerprint density at radius 3 is 1.76 bits per heavy atom. The molecule has 0 aromatic rings. The molecule has 0 saturated carbocycles. The smallest absolute Gasteiger partial charge is 0.326 e. The summed E-state index contributed by atoms with van der Waals surface area (Å²) in [4.78, 5) is 48.7. The molecular weight excluding hydrogens is 376 g/mol. The van der Waals surface area contributed by atoms with Gasteiger partial charge in [0.25, 0.3) is 0 Å². The lowest BCUT2D eigenvalue weighted by molar-refractivity contribution is -0.144. The second kappa shape index (κ2) is 12.4. The summed E-state index contributed by atoms with van der Waals surface area (Å²) in [7, 11) is 0. The third-order valence-corrected chi connectivity index (χ3v) is 4.84. The maximum Gasteiger partial charge on any atom is 0.326 e. The van der Waals surface area contributed by atoms with Gasteiger partial charge in [0.15, 0.2) is 0 Å². The van der Waals surface area contributed by atoms with Crippen molar-refractivity contribution in [2.75, 3.05) is 0 Å². The second-order valence-corrected chi connectivity index (χ2v) is 8.41. The molecule has 9 heteroatoms. The van der Waals surface area contributed by atoms with E-state index >= 15 is 0 Å². The van der Waals surface area contributed by atoms with Crippen LogP contribution in [0.1, 0.15) is 61.3 Å². The average Bonchev–Trinajstić information content (AvgIpc) is 2.61. The van der Waals surface area contributed by atoms with E-state index in [-0.39, 0.29) is 17.8 Å². The molecule has 0 bridgehead atoms. The Labute approximate surface area is 173 Å². The second-order valence-electron chi connectivity index (χ2n) is 8.41. The Kier molecular flexibility index (Phi) is 11.5. The first kappa shape index (κ1) is 26.8. The lowest BCUT2D eigenvalue weighted by atomic mass is 9.96. The fraction of sp³-hybridized carbons (Fsp3) is 0.800. The summed E-state index contributed by atoms with van der Waals surface area (Å²) in [5.74, 6) is -2.98. The number of aliphatic carboxylic acids is 1. The maximum atomic E-state index is 12.7. The molecule has 0 aromatic heterocycles. The molecule has 3 amide bonds. The zero-order valence-corrected chi connectivity index (χ0v) is 18.6. The van der Waals surface area contributed by atoms with E-state index < -0.39 is 47.9 Å². The number of carboxylic acid groups (broad SMARTS) is 1. The normalized spacial score (nSPS) is 16.5. The predicted octanol–water partition coefficient (Wildman–Crippen LogP) is 0.621. The lowest BCUT2D eigenvalue weighted by Crippen LogP contribution is -2.58. The van der Waals surface area contributed by atoms with Gasteiger partial charge in [0.1, 0.15) is 18.1 Å². The molecule has 0 spiro atoms. The number of hydrogen-bond acceptors (Lipinski definition) is 5. The molecule has 0 aliphatic carbocycles. The fourth-order valence-corrected chi connectivity index (χ4v) is 2.74. The van der Waals surface area contributed by atoms with Gasteiger partial charge in [0.2, 0.25) is 17.7 Å². The minimum Gasteiger partial charge on any atom is -0.480 e. The van der Waals surface area contributed by atoms with E-state index in [2.05, 4.69) is 16.0 Å². The van der Waals surface area contributed by atoms with Gasteiger partial charge in [-0.2, -0.15) is 0 Å². The predicted molar refractivity (Wildman–Crippen MR) is 111 cm³/mol. The Hall–Kier alpha value is -2.16. The summed E-state index contributed by atoms with van der Waals surface area (Å²) < 4.78 is 0. The minimum absolute atomic E-state index is 0.230. The first-order chi connectivity index (χ1) is 13.3. The van der Waals surface area contributed by atoms with Crippen LogP contribution >= 0.6 is 0 Å². The lowest BCUT2D eigenvalue weighted by Gasteiger charge is -2.28. The van der Waals surface area contributed by atoms with Crippen LogP contribution in [-0.4, -0.2) is 53.0 Å². The van der Waals surface area contributed by atoms with Gasteiger partial charge in [-0.3, -0.25) is 14.4 Å². The largest absolute Gasteiger partial charge is 0.480 e. The van der Waals surface area contributed by atoms with Crippen molar-refractivity contribution >= 4 is 23.7 Å². The summed E-state index contributed by atoms with van der Waals surface area (Å²) in [6, 6.07) is -3.59. The molecule has 0 radical (unpaired) electrons. The van der Waals surface area contributed by atoms with Gasteiger partial charge in [-0.15, -0.1) is 0 Å². The third-order valence-electron chi connectivity index (χ3n) is 4.84. The first-order valence-corrected chi connectivity index (χ1v) is 10.2. The van der Waals surface area contributed by atoms with E-state index in [0.29, 0.717) is 12.8 Å². The molecule has 168 valence electrons. The first-order valence-electron chi connectivity index (χ1n) is 10.2. The van der Waals surface area contributed by atoms with Crippen LogP contribution in [-0.2, 0) is 19.2 Å². The van der Waals surface area contributed by atoms with Crippen LogP contribution in [0, 0.1) is 17.8 Å². The Morgan fingerprint density at radius 1 is 0.828 bits per heavy atom. The molecule has 0 aliphatic rings. The number of nitrogens with one attached hydrogen (secondary N) is 3. The van der Waals surface area contributed by atoms with Crippen molar-refractivity contribution in [1.29, 1.82) is 0 Å². The van der Waals surface area contributed by atoms with Crippen molar-refractivity contribution in [2.24, 2.45) is 23.5 Å². The summed E-state index contributed by atoms with van der Waals surface area (Å²) >= 11 is 0. The molecule has 5 unspecified atom stereocenters. The van der Waals surface area contributed by atoms with Gasteiger partial charge in [-0.1, -0.05) is 48.0 Å². The highest BCUT2D eigenvalue weighted by Crippen LogP contribution is 2.11. The van der Waals surface area contributed by atoms with Crippen molar-refractivity contribution in [3.05, 3.63) is 0 Å². The average molecular weight is 415 g/mol. The molecular formula is C20H38N4O5. The highest BCUT2D eigenvalue weighted by molar-refractivity contribution is 5.94. The topological polar surface area (TPSA) is 151 Å². The molecule has 0 saturated heterocycles. The summed E-state index contributed by atoms with van der Waals surface area (Å²) in [6.07, 6.45) is 1.08. The van der Waals surface area contributed by atoms with E-state index in [0.717, 1.165) is 0 Å². The molecule has 0 fully saturated rings. The van der Waals surface area contributed by atoms with E-state index in [9.17, 15) is 24.3 Å². The SMILES string of the molecule is CCC(C)C(NC(=O)C(C)NC(=O)C(N)CC(C)C)C(=O)NC(C(=O)O)C(C)C. The van der Waals surface area contributed by atoms with Gasteiger partial charge >= 0.3 is 5.97 Å². The van der Waals surface area contributed by atoms with Crippen molar-refractivity contribution in [3.63, 3.8) is 0 Å². The number of carbonyl (C=O) groups excluding carboxylic acids is 3. The van der Waals surface area contributed by atoms with Crippen molar-refractivity contribution in [3.8, 4) is 0 Å². The Bertz CT molecular complexity index is 579. The third kappa shape index (κ3) is 9.25. The van der Waals surface area contributed by atoms with Crippen molar-refractivity contribution in [1.82, 2.24) is 16.0 Å². The zero-order chi connectivity index (χ0) is 22.9. The molecule has 6 N–H and O–H groups in total. The Balaban J connectivity index is 5.13. The maximum absolute atomic E-state index is 12.7. The van der Waals surface area contributed by atoms with Gasteiger partial charge in [0.05, 0.1) is 6.04 Å². The van der Waals surface area contributed by atoms with E-state index in [1.165, 1.54) is 6.92 Å². The molecule has 9 nitrogen and oxygen atoms in total. The zero-order valence-electron chi connectivity index (χ0n) is 18.6. The number of nitrogens with two attached hydrogens (primary N) is 1. The number of carboxylic acids is 1. The van der Waals surface area contributed by atoms with E-state index in [1.54, 1.807) is 20.8 Å². The summed E-state index contributed by atoms with van der Waals surface area (Å²) in [6.45, 7) is 12.4. The van der Waals surface area contributed by atoms with Crippen LogP contribution in [0.2, 0.25) is 0 Å². The van der Waals surface area contributed by atoms with Gasteiger partial charge in [-0.25, -0.2) is 4.79 Å². The van der Waals surface area contributed by atoms with Gasteiger partial charge in [-0.05, 0) is 31.1 Å². The highest BCUT2D eigenvalue weighted by Gasteiger charge is 2.32. The molecule has 0 aliphatic heterocycles. The highest BCUT2D eigenvalue weighted by atomic mass is 16.4. The van der Waals surface area contributed by atoms with Crippen LogP contribution in [0.25, 0.3) is 0 Å². The molecule has 5 atom stereocenters. The molecule has 0 heterocycles. The van der Waals surface area contributed by atoms with Crippen LogP contribution in [0.3, 0.4) is 0 Å². The monoisotopic (exact) mass is 414 g/mol. The molecule has 0 rings (SSSR count). The van der Waals surface area contributed by atoms with Gasteiger partial charge < -0.3 is 26.8 Å². The number of amides is 3. The minimum atomic E-state index is -1.14. The van der Waals surface area contributed by atoms with Crippen LogP contribution in [0.5, 0.6) is 0 Å².